The molecule has 0 fully saturated rings. The molecule has 1 heterocycles. The fourth-order valence-corrected chi connectivity index (χ4v) is 1.52. The largest absolute Gasteiger partial charge is 0.476 e. The summed E-state index contributed by atoms with van der Waals surface area (Å²) in [4.78, 5) is 14.3. The van der Waals surface area contributed by atoms with Gasteiger partial charge in [-0.1, -0.05) is 19.8 Å². The Labute approximate surface area is 80.8 Å². The number of hydrogen-bond acceptors (Lipinski definition) is 4. The molecule has 1 rings (SSSR count). The smallest absolute Gasteiger partial charge is 0.366 e. The van der Waals surface area contributed by atoms with Crippen LogP contribution in [-0.2, 0) is 6.42 Å². The number of carboxylic acid groups (broad SMARTS) is 1. The lowest BCUT2D eigenvalue weighted by molar-refractivity contribution is 0.0696. The van der Waals surface area contributed by atoms with Crippen LogP contribution in [0.1, 0.15) is 41.8 Å². The molecule has 0 aliphatic carbocycles. The Bertz CT molecular complexity index is 285. The van der Waals surface area contributed by atoms with Gasteiger partial charge in [-0.25, -0.2) is 9.78 Å². The molecule has 0 saturated heterocycles. The van der Waals surface area contributed by atoms with Crippen LogP contribution < -0.4 is 0 Å². The molecule has 0 aliphatic heterocycles. The third-order valence-electron chi connectivity index (χ3n) is 1.65. The lowest BCUT2D eigenvalue weighted by Gasteiger charge is -1.92. The number of carboxylic acids is 1. The zero-order chi connectivity index (χ0) is 9.68. The summed E-state index contributed by atoms with van der Waals surface area (Å²) in [5.41, 5.74) is 0. The van der Waals surface area contributed by atoms with Crippen molar-refractivity contribution in [3.05, 3.63) is 10.8 Å². The Morgan fingerprint density at radius 2 is 2.31 bits per heavy atom. The lowest BCUT2D eigenvalue weighted by atomic mass is 10.2. The molecule has 0 saturated carbocycles. The Hall–Kier alpha value is -0.970. The van der Waals surface area contributed by atoms with Crippen molar-refractivity contribution >= 4 is 17.5 Å². The monoisotopic (exact) mass is 200 g/mol. The second kappa shape index (κ2) is 4.91. The summed E-state index contributed by atoms with van der Waals surface area (Å²) >= 11 is 0.955. The zero-order valence-corrected chi connectivity index (χ0v) is 8.30. The summed E-state index contributed by atoms with van der Waals surface area (Å²) in [6.07, 6.45) is 4.11. The lowest BCUT2D eigenvalue weighted by Crippen LogP contribution is -1.95. The molecule has 72 valence electrons. The van der Waals surface area contributed by atoms with Crippen molar-refractivity contribution in [2.24, 2.45) is 0 Å². The Kier molecular flexibility index (Phi) is 3.82. The van der Waals surface area contributed by atoms with Crippen molar-refractivity contribution in [3.8, 4) is 0 Å². The van der Waals surface area contributed by atoms with Gasteiger partial charge in [-0.05, 0) is 18.0 Å². The van der Waals surface area contributed by atoms with E-state index in [9.17, 15) is 4.79 Å². The normalized spacial score (nSPS) is 10.2. The molecule has 0 bridgehead atoms. The maximum absolute atomic E-state index is 10.5. The molecule has 0 atom stereocenters. The van der Waals surface area contributed by atoms with Crippen LogP contribution in [0.25, 0.3) is 0 Å². The van der Waals surface area contributed by atoms with Crippen molar-refractivity contribution in [1.29, 1.82) is 0 Å². The molecule has 0 radical (unpaired) electrons. The molecular weight excluding hydrogens is 188 g/mol. The van der Waals surface area contributed by atoms with Gasteiger partial charge in [0.15, 0.2) is 0 Å². The van der Waals surface area contributed by atoms with E-state index in [4.69, 9.17) is 5.11 Å². The van der Waals surface area contributed by atoms with Crippen LogP contribution in [0, 0.1) is 0 Å². The van der Waals surface area contributed by atoms with Crippen LogP contribution in [0.3, 0.4) is 0 Å². The highest BCUT2D eigenvalue weighted by molar-refractivity contribution is 7.07. The highest BCUT2D eigenvalue weighted by Gasteiger charge is 2.09. The van der Waals surface area contributed by atoms with Crippen LogP contribution in [0.4, 0.5) is 0 Å². The molecule has 13 heavy (non-hydrogen) atoms. The third kappa shape index (κ3) is 3.10. The first-order valence-corrected chi connectivity index (χ1v) is 5.07. The number of rotatable bonds is 5. The second-order valence-electron chi connectivity index (χ2n) is 2.78. The predicted octanol–water partition coefficient (Wildman–Crippen LogP) is 1.97. The minimum Gasteiger partial charge on any atom is -0.476 e. The number of aromatic carboxylic acids is 1. The second-order valence-corrected chi connectivity index (χ2v) is 3.53. The molecule has 0 aliphatic rings. The van der Waals surface area contributed by atoms with Crippen LogP contribution in [0.5, 0.6) is 0 Å². The van der Waals surface area contributed by atoms with Crippen LogP contribution in [-0.4, -0.2) is 20.4 Å². The van der Waals surface area contributed by atoms with Crippen molar-refractivity contribution < 1.29 is 9.90 Å². The minimum atomic E-state index is -0.987. The van der Waals surface area contributed by atoms with Gasteiger partial charge in [-0.2, -0.15) is 4.37 Å². The topological polar surface area (TPSA) is 63.1 Å². The van der Waals surface area contributed by atoms with Gasteiger partial charge in [-0.15, -0.1) is 0 Å². The van der Waals surface area contributed by atoms with E-state index in [1.807, 2.05) is 0 Å². The van der Waals surface area contributed by atoms with Crippen molar-refractivity contribution in [2.75, 3.05) is 0 Å². The molecule has 1 aromatic rings. The van der Waals surface area contributed by atoms with Crippen molar-refractivity contribution in [3.63, 3.8) is 0 Å². The molecule has 1 N–H and O–H groups in total. The maximum Gasteiger partial charge on any atom is 0.366 e. The van der Waals surface area contributed by atoms with Gasteiger partial charge in [0, 0.05) is 6.42 Å². The van der Waals surface area contributed by atoms with E-state index < -0.39 is 5.97 Å². The van der Waals surface area contributed by atoms with E-state index in [1.165, 1.54) is 0 Å². The van der Waals surface area contributed by atoms with Crippen LogP contribution in [0.2, 0.25) is 0 Å². The molecule has 5 heteroatoms. The number of carbonyl (C=O) groups is 1. The van der Waals surface area contributed by atoms with Gasteiger partial charge in [0.2, 0.25) is 5.01 Å². The SMILES string of the molecule is CCCCCc1nsc(C(=O)O)n1. The molecule has 4 nitrogen and oxygen atoms in total. The Morgan fingerprint density at radius 3 is 2.85 bits per heavy atom. The molecular formula is C8H12N2O2S. The number of aromatic nitrogens is 2. The number of hydrogen-bond donors (Lipinski definition) is 1. The first-order chi connectivity index (χ1) is 6.24. The fraction of sp³-hybridized carbons (Fsp3) is 0.625. The first-order valence-electron chi connectivity index (χ1n) is 4.30. The highest BCUT2D eigenvalue weighted by atomic mass is 32.1. The van der Waals surface area contributed by atoms with E-state index in [0.29, 0.717) is 5.82 Å². The molecule has 0 unspecified atom stereocenters. The van der Waals surface area contributed by atoms with E-state index in [-0.39, 0.29) is 5.01 Å². The summed E-state index contributed by atoms with van der Waals surface area (Å²) in [5.74, 6) is -0.324. The van der Waals surface area contributed by atoms with Gasteiger partial charge >= 0.3 is 5.97 Å². The minimum absolute atomic E-state index is 0.0894. The summed E-state index contributed by atoms with van der Waals surface area (Å²) in [6.45, 7) is 2.12. The van der Waals surface area contributed by atoms with E-state index in [1.54, 1.807) is 0 Å². The molecule has 1 aromatic heterocycles. The van der Waals surface area contributed by atoms with E-state index in [0.717, 1.165) is 37.2 Å². The highest BCUT2D eigenvalue weighted by Crippen LogP contribution is 2.07. The average molecular weight is 200 g/mol. The summed E-state index contributed by atoms with van der Waals surface area (Å²) in [5, 5.41) is 8.67. The zero-order valence-electron chi connectivity index (χ0n) is 7.49. The van der Waals surface area contributed by atoms with E-state index >= 15 is 0 Å². The Balaban J connectivity index is 2.44. The van der Waals surface area contributed by atoms with Gasteiger partial charge in [0.05, 0.1) is 0 Å². The molecule has 0 aromatic carbocycles. The van der Waals surface area contributed by atoms with Crippen LogP contribution >= 0.6 is 11.5 Å². The third-order valence-corrected chi connectivity index (χ3v) is 2.40. The van der Waals surface area contributed by atoms with Gasteiger partial charge in [-0.3, -0.25) is 0 Å². The summed E-state index contributed by atoms with van der Waals surface area (Å²) < 4.78 is 3.96. The quantitative estimate of drug-likeness (QED) is 0.738. The summed E-state index contributed by atoms with van der Waals surface area (Å²) in [6, 6.07) is 0. The average Bonchev–Trinajstić information content (AvgIpc) is 2.53. The summed E-state index contributed by atoms with van der Waals surface area (Å²) in [7, 11) is 0. The maximum atomic E-state index is 10.5. The molecule has 0 spiro atoms. The number of aryl methyl sites for hydroxylation is 1. The van der Waals surface area contributed by atoms with Crippen LogP contribution in [0.15, 0.2) is 0 Å². The number of nitrogens with zero attached hydrogens (tertiary/aromatic N) is 2. The molecule has 0 amide bonds. The fourth-order valence-electron chi connectivity index (χ4n) is 0.975. The van der Waals surface area contributed by atoms with Crippen molar-refractivity contribution in [2.45, 2.75) is 32.6 Å². The van der Waals surface area contributed by atoms with Gasteiger partial charge in [0.25, 0.3) is 0 Å². The number of unbranched alkanes of at least 4 members (excludes halogenated alkanes) is 2. The standard InChI is InChI=1S/C8H12N2O2S/c1-2-3-4-5-6-9-7(8(11)12)13-10-6/h2-5H2,1H3,(H,11,12). The van der Waals surface area contributed by atoms with E-state index in [2.05, 4.69) is 16.3 Å². The first kappa shape index (κ1) is 10.1. The Morgan fingerprint density at radius 1 is 1.54 bits per heavy atom. The van der Waals surface area contributed by atoms with Crippen molar-refractivity contribution in [1.82, 2.24) is 9.36 Å². The predicted molar refractivity (Wildman–Crippen MR) is 50.1 cm³/mol. The van der Waals surface area contributed by atoms with Gasteiger partial charge < -0.3 is 5.11 Å². The van der Waals surface area contributed by atoms with Gasteiger partial charge in [0.1, 0.15) is 5.82 Å².